The molecule has 0 unspecified atom stereocenters. The van der Waals surface area contributed by atoms with Crippen molar-refractivity contribution in [2.24, 2.45) is 5.10 Å². The van der Waals surface area contributed by atoms with Crippen LogP contribution in [0, 0.1) is 0 Å². The normalized spacial score (nSPS) is 11.4. The minimum Gasteiger partial charge on any atom is -0.496 e. The number of rotatable bonds is 6. The largest absolute Gasteiger partial charge is 0.496 e. The first-order valence-corrected chi connectivity index (χ1v) is 12.4. The molecule has 0 aliphatic carbocycles. The van der Waals surface area contributed by atoms with Gasteiger partial charge in [-0.1, -0.05) is 29.8 Å². The maximum atomic E-state index is 13.6. The van der Waals surface area contributed by atoms with Gasteiger partial charge in [-0.05, 0) is 52.3 Å². The number of ether oxygens (including phenoxy) is 3. The molecule has 3 aromatic carbocycles. The second kappa shape index (κ2) is 10.3. The standard InChI is InChI=1S/C27H19BrClN3O6/c1-14(33)37-25-21(36-3)11-15(23(28)24(25)29)13-30-32-26(31-18-8-5-4-7-16(18)27(32)34)22-12-17-19(35-2)9-6-10-20(17)38-22/h4-13H,1-3H3. The van der Waals surface area contributed by atoms with Crippen LogP contribution in [0.1, 0.15) is 12.5 Å². The number of halogens is 2. The van der Waals surface area contributed by atoms with E-state index in [0.717, 1.165) is 10.1 Å². The SMILES string of the molecule is COc1cc(C=Nn2c(-c3cc4c(OC)cccc4o3)nc3ccccc3c2=O)c(Br)c(Cl)c1OC(C)=O. The number of fused-ring (bicyclic) bond motifs is 2. The molecule has 2 aromatic heterocycles. The summed E-state index contributed by atoms with van der Waals surface area (Å²) in [5.41, 5.74) is 1.11. The van der Waals surface area contributed by atoms with Crippen molar-refractivity contribution in [1.82, 2.24) is 9.66 Å². The number of esters is 1. The summed E-state index contributed by atoms with van der Waals surface area (Å²) in [6.45, 7) is 1.26. The van der Waals surface area contributed by atoms with Crippen LogP contribution in [0.25, 0.3) is 33.5 Å². The van der Waals surface area contributed by atoms with Crippen LogP contribution in [0.5, 0.6) is 17.2 Å². The van der Waals surface area contributed by atoms with Gasteiger partial charge in [-0.25, -0.2) is 4.98 Å². The van der Waals surface area contributed by atoms with Gasteiger partial charge in [-0.2, -0.15) is 9.78 Å². The highest BCUT2D eigenvalue weighted by molar-refractivity contribution is 9.10. The van der Waals surface area contributed by atoms with Gasteiger partial charge in [0.25, 0.3) is 5.56 Å². The predicted octanol–water partition coefficient (Wildman–Crippen LogP) is 6.05. The minimum absolute atomic E-state index is 0.0622. The Morgan fingerprint density at radius 3 is 2.58 bits per heavy atom. The highest BCUT2D eigenvalue weighted by atomic mass is 79.9. The van der Waals surface area contributed by atoms with Gasteiger partial charge in [0.1, 0.15) is 16.4 Å². The Labute approximate surface area is 229 Å². The Hall–Kier alpha value is -4.15. The van der Waals surface area contributed by atoms with Crippen molar-refractivity contribution >= 4 is 61.6 Å². The van der Waals surface area contributed by atoms with E-state index in [1.165, 1.54) is 20.2 Å². The van der Waals surface area contributed by atoms with Crippen LogP contribution < -0.4 is 19.8 Å². The van der Waals surface area contributed by atoms with Gasteiger partial charge >= 0.3 is 5.97 Å². The Morgan fingerprint density at radius 1 is 1.08 bits per heavy atom. The zero-order valence-electron chi connectivity index (χ0n) is 20.3. The zero-order valence-corrected chi connectivity index (χ0v) is 22.7. The van der Waals surface area contributed by atoms with Crippen molar-refractivity contribution in [1.29, 1.82) is 0 Å². The summed E-state index contributed by atoms with van der Waals surface area (Å²) in [6, 6.07) is 15.7. The molecule has 0 aliphatic rings. The highest BCUT2D eigenvalue weighted by Gasteiger charge is 2.20. The molecule has 5 aromatic rings. The summed E-state index contributed by atoms with van der Waals surface area (Å²) in [4.78, 5) is 29.8. The molecule has 0 aliphatic heterocycles. The summed E-state index contributed by atoms with van der Waals surface area (Å²) in [5, 5.41) is 5.66. The summed E-state index contributed by atoms with van der Waals surface area (Å²) in [7, 11) is 2.99. The lowest BCUT2D eigenvalue weighted by molar-refractivity contribution is -0.132. The van der Waals surface area contributed by atoms with Crippen LogP contribution in [0.15, 0.2) is 73.4 Å². The van der Waals surface area contributed by atoms with E-state index >= 15 is 0 Å². The van der Waals surface area contributed by atoms with Crippen LogP contribution in [-0.4, -0.2) is 36.1 Å². The molecule has 0 atom stereocenters. The average molecular weight is 597 g/mol. The number of methoxy groups -OCH3 is 2. The fourth-order valence-electron chi connectivity index (χ4n) is 3.92. The first-order chi connectivity index (χ1) is 18.3. The number of hydrogen-bond donors (Lipinski definition) is 0. The second-order valence-corrected chi connectivity index (χ2v) is 9.19. The van der Waals surface area contributed by atoms with Gasteiger partial charge in [0.2, 0.25) is 5.82 Å². The number of furan rings is 1. The number of aromatic nitrogens is 2. The van der Waals surface area contributed by atoms with Crippen LogP contribution in [0.3, 0.4) is 0 Å². The molecule has 0 N–H and O–H groups in total. The van der Waals surface area contributed by atoms with E-state index in [0.29, 0.717) is 38.0 Å². The van der Waals surface area contributed by atoms with Crippen molar-refractivity contribution in [2.75, 3.05) is 14.2 Å². The second-order valence-electron chi connectivity index (χ2n) is 8.02. The molecule has 192 valence electrons. The van der Waals surface area contributed by atoms with Crippen LogP contribution in [0.2, 0.25) is 5.02 Å². The van der Waals surface area contributed by atoms with Crippen molar-refractivity contribution < 1.29 is 23.4 Å². The van der Waals surface area contributed by atoms with Crippen molar-refractivity contribution in [3.05, 3.63) is 80.0 Å². The van der Waals surface area contributed by atoms with E-state index < -0.39 is 11.5 Å². The molecule has 9 nitrogen and oxygen atoms in total. The van der Waals surface area contributed by atoms with Crippen molar-refractivity contribution in [3.63, 3.8) is 0 Å². The quantitative estimate of drug-likeness (QED) is 0.133. The zero-order chi connectivity index (χ0) is 27.0. The Morgan fingerprint density at radius 2 is 1.84 bits per heavy atom. The molecular formula is C27H19BrClN3O6. The lowest BCUT2D eigenvalue weighted by atomic mass is 10.2. The molecule has 2 heterocycles. The average Bonchev–Trinajstić information content (AvgIpc) is 3.36. The molecule has 38 heavy (non-hydrogen) atoms. The summed E-state index contributed by atoms with van der Waals surface area (Å²) in [5.74, 6) is 0.850. The Balaban J connectivity index is 1.71. The third kappa shape index (κ3) is 4.52. The number of hydrogen-bond acceptors (Lipinski definition) is 8. The van der Waals surface area contributed by atoms with E-state index in [1.807, 2.05) is 12.1 Å². The number of para-hydroxylation sites is 1. The third-order valence-electron chi connectivity index (χ3n) is 5.65. The number of carbonyl (C=O) groups is 1. The van der Waals surface area contributed by atoms with Crippen LogP contribution >= 0.6 is 27.5 Å². The predicted molar refractivity (Wildman–Crippen MR) is 148 cm³/mol. The lowest BCUT2D eigenvalue weighted by Crippen LogP contribution is -2.20. The van der Waals surface area contributed by atoms with Crippen LogP contribution in [-0.2, 0) is 4.79 Å². The maximum absolute atomic E-state index is 13.6. The third-order valence-corrected chi connectivity index (χ3v) is 7.09. The molecular weight excluding hydrogens is 578 g/mol. The molecule has 11 heteroatoms. The highest BCUT2D eigenvalue weighted by Crippen LogP contribution is 2.42. The van der Waals surface area contributed by atoms with E-state index in [1.54, 1.807) is 49.6 Å². The Kier molecular flexibility index (Phi) is 6.92. The molecule has 0 saturated heterocycles. The first kappa shape index (κ1) is 25.5. The molecule has 0 saturated carbocycles. The summed E-state index contributed by atoms with van der Waals surface area (Å²) >= 11 is 9.86. The topological polar surface area (TPSA) is 105 Å². The summed E-state index contributed by atoms with van der Waals surface area (Å²) in [6.07, 6.45) is 1.42. The Bertz CT molecular complexity index is 1810. The van der Waals surface area contributed by atoms with E-state index in [2.05, 4.69) is 26.0 Å². The molecule has 0 amide bonds. The fourth-order valence-corrected chi connectivity index (χ4v) is 4.56. The molecule has 5 rings (SSSR count). The summed E-state index contributed by atoms with van der Waals surface area (Å²) < 4.78 is 23.6. The monoisotopic (exact) mass is 595 g/mol. The molecule has 0 spiro atoms. The number of benzene rings is 3. The number of nitrogens with zero attached hydrogens (tertiary/aromatic N) is 3. The molecule has 0 fully saturated rings. The van der Waals surface area contributed by atoms with Gasteiger partial charge in [0, 0.05) is 17.0 Å². The smallest absolute Gasteiger partial charge is 0.308 e. The van der Waals surface area contributed by atoms with E-state index in [4.69, 9.17) is 30.2 Å². The van der Waals surface area contributed by atoms with Crippen molar-refractivity contribution in [3.8, 4) is 28.8 Å². The minimum atomic E-state index is -0.556. The van der Waals surface area contributed by atoms with E-state index in [-0.39, 0.29) is 22.3 Å². The molecule has 0 bridgehead atoms. The first-order valence-electron chi connectivity index (χ1n) is 11.2. The molecule has 0 radical (unpaired) electrons. The number of carbonyl (C=O) groups excluding carboxylic acids is 1. The van der Waals surface area contributed by atoms with Gasteiger partial charge in [0.15, 0.2) is 17.3 Å². The van der Waals surface area contributed by atoms with Gasteiger partial charge < -0.3 is 18.6 Å². The fraction of sp³-hybridized carbons (Fsp3) is 0.111. The van der Waals surface area contributed by atoms with Gasteiger partial charge in [0.05, 0.1) is 36.7 Å². The van der Waals surface area contributed by atoms with E-state index in [9.17, 15) is 9.59 Å². The van der Waals surface area contributed by atoms with Gasteiger partial charge in [-0.3, -0.25) is 9.59 Å². The lowest BCUT2D eigenvalue weighted by Gasteiger charge is -2.13. The van der Waals surface area contributed by atoms with Crippen molar-refractivity contribution in [2.45, 2.75) is 6.92 Å². The van der Waals surface area contributed by atoms with Gasteiger partial charge in [-0.15, -0.1) is 0 Å². The van der Waals surface area contributed by atoms with Crippen LogP contribution in [0.4, 0.5) is 0 Å². The maximum Gasteiger partial charge on any atom is 0.308 e.